The summed E-state index contributed by atoms with van der Waals surface area (Å²) in [6, 6.07) is 11.4. The van der Waals surface area contributed by atoms with Gasteiger partial charge in [-0.25, -0.2) is 0 Å². The van der Waals surface area contributed by atoms with Gasteiger partial charge in [0.1, 0.15) is 6.10 Å². The van der Waals surface area contributed by atoms with Crippen LogP contribution < -0.4 is 0 Å². The Labute approximate surface area is 165 Å². The second-order valence-corrected chi connectivity index (χ2v) is 9.45. The van der Waals surface area contributed by atoms with Crippen LogP contribution in [0.25, 0.3) is 10.1 Å². The molecule has 1 aromatic carbocycles. The van der Waals surface area contributed by atoms with E-state index in [0.29, 0.717) is 12.0 Å². The number of nitrogens with zero attached hydrogens (tertiary/aromatic N) is 2. The van der Waals surface area contributed by atoms with E-state index in [9.17, 15) is 4.79 Å². The molecule has 0 saturated carbocycles. The molecule has 1 aromatic heterocycles. The first-order valence-corrected chi connectivity index (χ1v) is 11.2. The van der Waals surface area contributed by atoms with Crippen molar-refractivity contribution in [2.75, 3.05) is 26.2 Å². The van der Waals surface area contributed by atoms with Gasteiger partial charge in [0.25, 0.3) is 5.91 Å². The highest BCUT2D eigenvalue weighted by Crippen LogP contribution is 2.34. The van der Waals surface area contributed by atoms with Crippen LogP contribution in [0.1, 0.15) is 37.0 Å². The maximum absolute atomic E-state index is 12.9. The van der Waals surface area contributed by atoms with E-state index in [-0.39, 0.29) is 12.0 Å². The number of benzene rings is 1. The number of likely N-dealkylation sites (tertiary alicyclic amines) is 2. The number of thiophene rings is 1. The molecule has 4 heterocycles. The highest BCUT2D eigenvalue weighted by atomic mass is 32.1. The summed E-state index contributed by atoms with van der Waals surface area (Å²) < 4.78 is 7.06. The van der Waals surface area contributed by atoms with Crippen LogP contribution in [0.5, 0.6) is 0 Å². The van der Waals surface area contributed by atoms with Crippen molar-refractivity contribution in [3.63, 3.8) is 0 Å². The molecule has 0 spiro atoms. The van der Waals surface area contributed by atoms with E-state index in [4.69, 9.17) is 4.74 Å². The predicted octanol–water partition coefficient (Wildman–Crippen LogP) is 3.89. The second kappa shape index (κ2) is 7.53. The van der Waals surface area contributed by atoms with Gasteiger partial charge in [-0.3, -0.25) is 9.69 Å². The monoisotopic (exact) mass is 384 g/mol. The fourth-order valence-electron chi connectivity index (χ4n) is 5.19. The Hall–Kier alpha value is -1.43. The van der Waals surface area contributed by atoms with Gasteiger partial charge < -0.3 is 9.64 Å². The average molecular weight is 385 g/mol. The van der Waals surface area contributed by atoms with Crippen molar-refractivity contribution in [2.24, 2.45) is 5.92 Å². The molecule has 0 N–H and O–H groups in total. The second-order valence-electron chi connectivity index (χ2n) is 8.28. The Kier molecular flexibility index (Phi) is 4.92. The van der Waals surface area contributed by atoms with E-state index in [0.717, 1.165) is 58.5 Å². The first-order valence-electron chi connectivity index (χ1n) is 10.4. The van der Waals surface area contributed by atoms with Crippen molar-refractivity contribution < 1.29 is 9.53 Å². The van der Waals surface area contributed by atoms with Crippen molar-refractivity contribution in [1.29, 1.82) is 0 Å². The predicted molar refractivity (Wildman–Crippen MR) is 109 cm³/mol. The molecule has 3 atom stereocenters. The van der Waals surface area contributed by atoms with Crippen LogP contribution in [0.4, 0.5) is 0 Å². The number of hydrogen-bond donors (Lipinski definition) is 0. The van der Waals surface area contributed by atoms with Crippen LogP contribution in [-0.4, -0.2) is 54.1 Å². The Morgan fingerprint density at radius 3 is 2.93 bits per heavy atom. The van der Waals surface area contributed by atoms with Gasteiger partial charge in [0.15, 0.2) is 0 Å². The zero-order valence-electron chi connectivity index (χ0n) is 15.8. The molecule has 3 aliphatic heterocycles. The van der Waals surface area contributed by atoms with Crippen LogP contribution in [-0.2, 0) is 16.1 Å². The van der Waals surface area contributed by atoms with E-state index in [1.165, 1.54) is 21.4 Å². The van der Waals surface area contributed by atoms with Crippen molar-refractivity contribution in [1.82, 2.24) is 9.80 Å². The van der Waals surface area contributed by atoms with Gasteiger partial charge in [0, 0.05) is 48.4 Å². The van der Waals surface area contributed by atoms with Crippen molar-refractivity contribution in [3.8, 4) is 0 Å². The number of fused-ring (bicyclic) bond motifs is 2. The van der Waals surface area contributed by atoms with Gasteiger partial charge in [-0.2, -0.15) is 0 Å². The van der Waals surface area contributed by atoms with Crippen molar-refractivity contribution >= 4 is 27.3 Å². The highest BCUT2D eigenvalue weighted by molar-refractivity contribution is 7.19. The lowest BCUT2D eigenvalue weighted by Gasteiger charge is -2.47. The molecule has 0 bridgehead atoms. The smallest absolute Gasteiger partial charge is 0.251 e. The van der Waals surface area contributed by atoms with E-state index < -0.39 is 0 Å². The summed E-state index contributed by atoms with van der Waals surface area (Å²) in [7, 11) is 0. The summed E-state index contributed by atoms with van der Waals surface area (Å²) in [4.78, 5) is 19.2. The third kappa shape index (κ3) is 3.53. The molecule has 3 fully saturated rings. The zero-order chi connectivity index (χ0) is 18.2. The van der Waals surface area contributed by atoms with Crippen molar-refractivity contribution in [2.45, 2.75) is 50.8 Å². The molecule has 3 aliphatic rings. The van der Waals surface area contributed by atoms with Gasteiger partial charge in [-0.1, -0.05) is 18.2 Å². The van der Waals surface area contributed by atoms with Crippen LogP contribution >= 0.6 is 11.3 Å². The number of amides is 1. The minimum absolute atomic E-state index is 0.166. The SMILES string of the molecule is O=C([C@@H]1CCCO1)N1CCC[C@@H]2CN(Cc3cc4ccccc4s3)CC[C@@H]21. The molecule has 0 radical (unpaired) electrons. The molecular weight excluding hydrogens is 356 g/mol. The maximum atomic E-state index is 12.9. The number of carbonyl (C=O) groups excluding carboxylic acids is 1. The van der Waals surface area contributed by atoms with Gasteiger partial charge in [-0.15, -0.1) is 11.3 Å². The first-order chi connectivity index (χ1) is 13.3. The third-order valence-electron chi connectivity index (χ3n) is 6.50. The van der Waals surface area contributed by atoms with E-state index >= 15 is 0 Å². The summed E-state index contributed by atoms with van der Waals surface area (Å²) in [6.07, 6.45) is 5.26. The van der Waals surface area contributed by atoms with Crippen LogP contribution in [0.3, 0.4) is 0 Å². The van der Waals surface area contributed by atoms with Crippen molar-refractivity contribution in [3.05, 3.63) is 35.2 Å². The number of hydrogen-bond acceptors (Lipinski definition) is 4. The molecule has 5 rings (SSSR count). The summed E-state index contributed by atoms with van der Waals surface area (Å²) in [5, 5.41) is 1.36. The summed E-state index contributed by atoms with van der Waals surface area (Å²) >= 11 is 1.92. The fraction of sp³-hybridized carbons (Fsp3) is 0.591. The van der Waals surface area contributed by atoms with Gasteiger partial charge >= 0.3 is 0 Å². The van der Waals surface area contributed by atoms with Crippen LogP contribution in [0.15, 0.2) is 30.3 Å². The molecule has 3 saturated heterocycles. The lowest BCUT2D eigenvalue weighted by atomic mass is 9.83. The average Bonchev–Trinajstić information content (AvgIpc) is 3.36. The molecule has 0 unspecified atom stereocenters. The minimum atomic E-state index is -0.166. The molecular formula is C22H28N2O2S. The Balaban J connectivity index is 1.25. The number of carbonyl (C=O) groups is 1. The van der Waals surface area contributed by atoms with Gasteiger partial charge in [-0.05, 0) is 55.5 Å². The van der Waals surface area contributed by atoms with Gasteiger partial charge in [0.05, 0.1) is 0 Å². The lowest BCUT2D eigenvalue weighted by molar-refractivity contribution is -0.148. The van der Waals surface area contributed by atoms with Crippen LogP contribution in [0.2, 0.25) is 0 Å². The quantitative estimate of drug-likeness (QED) is 0.805. The number of rotatable bonds is 3. The molecule has 27 heavy (non-hydrogen) atoms. The molecule has 4 nitrogen and oxygen atoms in total. The topological polar surface area (TPSA) is 32.8 Å². The van der Waals surface area contributed by atoms with Gasteiger partial charge in [0.2, 0.25) is 0 Å². The molecule has 5 heteroatoms. The Morgan fingerprint density at radius 2 is 2.07 bits per heavy atom. The van der Waals surface area contributed by atoms with E-state index in [1.54, 1.807) is 0 Å². The summed E-state index contributed by atoms with van der Waals surface area (Å²) in [5.74, 6) is 0.882. The standard InChI is InChI=1S/C22H28N2O2S/c25-22(20-7-4-12-26-20)24-10-3-6-17-14-23(11-9-19(17)24)15-18-13-16-5-1-2-8-21(16)27-18/h1-2,5,8,13,17,19-20H,3-4,6-7,9-12,14-15H2/t17-,19+,20+/m1/s1. The molecule has 1 amide bonds. The first kappa shape index (κ1) is 17.7. The lowest BCUT2D eigenvalue weighted by Crippen LogP contribution is -2.57. The van der Waals surface area contributed by atoms with E-state index in [2.05, 4.69) is 40.1 Å². The Bertz CT molecular complexity index is 781. The fourth-order valence-corrected chi connectivity index (χ4v) is 6.30. The minimum Gasteiger partial charge on any atom is -0.368 e. The molecule has 144 valence electrons. The van der Waals surface area contributed by atoms with E-state index in [1.807, 2.05) is 11.3 Å². The summed E-state index contributed by atoms with van der Waals surface area (Å²) in [5.41, 5.74) is 0. The normalized spacial score (nSPS) is 29.2. The highest BCUT2D eigenvalue weighted by Gasteiger charge is 2.40. The largest absolute Gasteiger partial charge is 0.368 e. The molecule has 0 aliphatic carbocycles. The number of ether oxygens (including phenoxy) is 1. The maximum Gasteiger partial charge on any atom is 0.251 e. The van der Waals surface area contributed by atoms with Crippen LogP contribution in [0, 0.1) is 5.92 Å². The third-order valence-corrected chi connectivity index (χ3v) is 7.60. The zero-order valence-corrected chi connectivity index (χ0v) is 16.6. The number of piperidine rings is 2. The molecule has 2 aromatic rings. The summed E-state index contributed by atoms with van der Waals surface area (Å²) in [6.45, 7) is 4.93. The Morgan fingerprint density at radius 1 is 1.15 bits per heavy atom.